The van der Waals surface area contributed by atoms with Crippen molar-refractivity contribution in [3.63, 3.8) is 0 Å². The van der Waals surface area contributed by atoms with Gasteiger partial charge in [0, 0.05) is 15.6 Å². The molecule has 0 spiro atoms. The average molecular weight is 375 g/mol. The number of nitrogens with zero attached hydrogens (tertiary/aromatic N) is 2. The molecule has 1 heterocycles. The van der Waals surface area contributed by atoms with Crippen LogP contribution in [0.15, 0.2) is 46.0 Å². The Labute approximate surface area is 144 Å². The molecule has 0 unspecified atom stereocenters. The molecule has 0 aliphatic rings. The highest BCUT2D eigenvalue weighted by molar-refractivity contribution is 9.12. The highest BCUT2D eigenvalue weighted by atomic mass is 79.9. The molecule has 1 aromatic heterocycles. The van der Waals surface area contributed by atoms with Crippen LogP contribution in [-0.4, -0.2) is 22.3 Å². The summed E-state index contributed by atoms with van der Waals surface area (Å²) in [4.78, 5) is 12.0. The minimum Gasteiger partial charge on any atom is -0.281 e. The number of carbonyl (C=O) groups is 1. The van der Waals surface area contributed by atoms with Gasteiger partial charge in [-0.25, -0.2) is 5.43 Å². The Hall–Kier alpha value is -2.21. The molecule has 0 atom stereocenters. The molecule has 0 saturated carbocycles. The van der Waals surface area contributed by atoms with E-state index in [4.69, 9.17) is 0 Å². The van der Waals surface area contributed by atoms with E-state index in [1.54, 1.807) is 6.07 Å². The zero-order chi connectivity index (χ0) is 16.9. The Kier molecular flexibility index (Phi) is 5.50. The van der Waals surface area contributed by atoms with E-state index in [2.05, 4.69) is 36.7 Å². The van der Waals surface area contributed by atoms with E-state index in [9.17, 15) is 4.79 Å². The van der Waals surface area contributed by atoms with Crippen molar-refractivity contribution in [1.29, 1.82) is 0 Å². The summed E-state index contributed by atoms with van der Waals surface area (Å²) in [5, 5.41) is 10.8. The van der Waals surface area contributed by atoms with Crippen molar-refractivity contribution in [2.45, 2.75) is 26.2 Å². The molecule has 1 amide bonds. The first-order valence-electron chi connectivity index (χ1n) is 7.18. The maximum absolute atomic E-state index is 12.0. The molecular formula is C17H19BrN4O. The van der Waals surface area contributed by atoms with Gasteiger partial charge in [0.15, 0.2) is 5.69 Å². The molecule has 2 N–H and O–H groups in total. The minimum atomic E-state index is -0.354. The summed E-state index contributed by atoms with van der Waals surface area (Å²) < 4.78 is 0.751. The first-order chi connectivity index (χ1) is 10.9. The molecule has 6 heteroatoms. The number of nitrogens with one attached hydrogen (secondary N) is 2. The van der Waals surface area contributed by atoms with Gasteiger partial charge in [-0.05, 0) is 33.6 Å². The van der Waals surface area contributed by atoms with Gasteiger partial charge >= 0.3 is 0 Å². The zero-order valence-corrected chi connectivity index (χ0v) is 14.9. The van der Waals surface area contributed by atoms with Crippen LogP contribution in [-0.2, 0) is 5.41 Å². The zero-order valence-electron chi connectivity index (χ0n) is 13.3. The number of aromatic nitrogens is 2. The molecule has 23 heavy (non-hydrogen) atoms. The van der Waals surface area contributed by atoms with Crippen LogP contribution in [0.2, 0.25) is 0 Å². The number of aromatic amines is 1. The highest BCUT2D eigenvalue weighted by Crippen LogP contribution is 2.20. The summed E-state index contributed by atoms with van der Waals surface area (Å²) in [6.07, 6.45) is 3.43. The Morgan fingerprint density at radius 3 is 2.61 bits per heavy atom. The summed E-state index contributed by atoms with van der Waals surface area (Å²) in [5.74, 6) is -0.354. The molecule has 2 aromatic rings. The van der Waals surface area contributed by atoms with E-state index in [0.717, 1.165) is 15.7 Å². The number of halogens is 1. The molecule has 5 nitrogen and oxygen atoms in total. The predicted molar refractivity (Wildman–Crippen MR) is 96.6 cm³/mol. The average Bonchev–Trinajstić information content (AvgIpc) is 2.98. The van der Waals surface area contributed by atoms with E-state index in [1.165, 1.54) is 6.21 Å². The molecule has 0 aliphatic carbocycles. The van der Waals surface area contributed by atoms with Gasteiger partial charge in [-0.1, -0.05) is 51.1 Å². The van der Waals surface area contributed by atoms with Gasteiger partial charge in [-0.2, -0.15) is 10.2 Å². The third-order valence-electron chi connectivity index (χ3n) is 3.08. The van der Waals surface area contributed by atoms with Crippen molar-refractivity contribution in [2.24, 2.45) is 5.10 Å². The second-order valence-corrected chi connectivity index (χ2v) is 6.97. The summed E-state index contributed by atoms with van der Waals surface area (Å²) >= 11 is 3.39. The maximum atomic E-state index is 12.0. The van der Waals surface area contributed by atoms with Crippen molar-refractivity contribution < 1.29 is 4.79 Å². The Morgan fingerprint density at radius 1 is 1.30 bits per heavy atom. The lowest BCUT2D eigenvalue weighted by atomic mass is 9.92. The Bertz CT molecular complexity index is 727. The van der Waals surface area contributed by atoms with Crippen LogP contribution in [0.5, 0.6) is 0 Å². The highest BCUT2D eigenvalue weighted by Gasteiger charge is 2.19. The first-order valence-corrected chi connectivity index (χ1v) is 7.97. The van der Waals surface area contributed by atoms with E-state index in [1.807, 2.05) is 57.2 Å². The number of rotatable bonds is 4. The van der Waals surface area contributed by atoms with Crippen molar-refractivity contribution in [1.82, 2.24) is 15.6 Å². The molecular weight excluding hydrogens is 356 g/mol. The van der Waals surface area contributed by atoms with E-state index >= 15 is 0 Å². The van der Waals surface area contributed by atoms with Crippen molar-refractivity contribution in [3.05, 3.63) is 57.8 Å². The number of H-pyrrole nitrogens is 1. The summed E-state index contributed by atoms with van der Waals surface area (Å²) in [5.41, 5.74) is 4.63. The Morgan fingerprint density at radius 2 is 2.00 bits per heavy atom. The number of hydrogen-bond acceptors (Lipinski definition) is 3. The maximum Gasteiger partial charge on any atom is 0.291 e. The Balaban J connectivity index is 1.96. The minimum absolute atomic E-state index is 0.0871. The number of allylic oxidation sites excluding steroid dienone is 1. The summed E-state index contributed by atoms with van der Waals surface area (Å²) in [6, 6.07) is 11.6. The van der Waals surface area contributed by atoms with Gasteiger partial charge in [0.25, 0.3) is 5.91 Å². The van der Waals surface area contributed by atoms with Crippen molar-refractivity contribution >= 4 is 34.1 Å². The molecule has 120 valence electrons. The molecule has 2 rings (SSSR count). The third kappa shape index (κ3) is 5.17. The van der Waals surface area contributed by atoms with Gasteiger partial charge < -0.3 is 0 Å². The lowest BCUT2D eigenvalue weighted by Gasteiger charge is -2.14. The van der Waals surface area contributed by atoms with Crippen LogP contribution in [0.3, 0.4) is 0 Å². The number of benzene rings is 1. The summed E-state index contributed by atoms with van der Waals surface area (Å²) in [7, 11) is 0. The number of carbonyl (C=O) groups excluding carboxylic acids is 1. The van der Waals surface area contributed by atoms with Crippen LogP contribution in [0.4, 0.5) is 0 Å². The SMILES string of the molecule is CC(C)(C)c1cc(C(=O)NN=CC(Br)=Cc2ccccc2)n[nH]1. The van der Waals surface area contributed by atoms with Gasteiger partial charge in [0.2, 0.25) is 0 Å². The van der Waals surface area contributed by atoms with Gasteiger partial charge in [-0.3, -0.25) is 9.89 Å². The smallest absolute Gasteiger partial charge is 0.281 e. The fourth-order valence-electron chi connectivity index (χ4n) is 1.78. The lowest BCUT2D eigenvalue weighted by molar-refractivity contribution is 0.0950. The topological polar surface area (TPSA) is 70.1 Å². The second kappa shape index (κ2) is 7.37. The number of amides is 1. The van der Waals surface area contributed by atoms with Crippen LogP contribution < -0.4 is 5.43 Å². The molecule has 0 saturated heterocycles. The normalized spacial score (nSPS) is 12.6. The van der Waals surface area contributed by atoms with Gasteiger partial charge in [0.1, 0.15) is 0 Å². The van der Waals surface area contributed by atoms with Gasteiger partial charge in [-0.15, -0.1) is 0 Å². The van der Waals surface area contributed by atoms with Gasteiger partial charge in [0.05, 0.1) is 6.21 Å². The van der Waals surface area contributed by atoms with Crippen LogP contribution in [0.1, 0.15) is 42.5 Å². The van der Waals surface area contributed by atoms with Crippen molar-refractivity contribution in [2.75, 3.05) is 0 Å². The molecule has 1 aromatic carbocycles. The van der Waals surface area contributed by atoms with Crippen LogP contribution in [0.25, 0.3) is 6.08 Å². The predicted octanol–water partition coefficient (Wildman–Crippen LogP) is 3.86. The number of hydrogen-bond donors (Lipinski definition) is 2. The van der Waals surface area contributed by atoms with Crippen molar-refractivity contribution in [3.8, 4) is 0 Å². The standard InChI is InChI=1S/C17H19BrN4O/c1-17(2,3)15-10-14(20-21-15)16(23)22-19-11-13(18)9-12-7-5-4-6-8-12/h4-11H,1-3H3,(H,20,21)(H,22,23). The third-order valence-corrected chi connectivity index (χ3v) is 3.51. The molecule has 0 fully saturated rings. The molecule has 0 bridgehead atoms. The molecule has 0 aliphatic heterocycles. The van der Waals surface area contributed by atoms with Crippen LogP contribution in [0, 0.1) is 0 Å². The fourth-order valence-corrected chi connectivity index (χ4v) is 2.14. The fraction of sp³-hybridized carbons (Fsp3) is 0.235. The second-order valence-electron chi connectivity index (χ2n) is 6.06. The summed E-state index contributed by atoms with van der Waals surface area (Å²) in [6.45, 7) is 6.14. The first kappa shape index (κ1) is 17.1. The largest absolute Gasteiger partial charge is 0.291 e. The van der Waals surface area contributed by atoms with Crippen LogP contribution >= 0.6 is 15.9 Å². The number of hydrazone groups is 1. The van der Waals surface area contributed by atoms with E-state index < -0.39 is 0 Å². The lowest BCUT2D eigenvalue weighted by Crippen LogP contribution is -2.18. The van der Waals surface area contributed by atoms with E-state index in [-0.39, 0.29) is 11.3 Å². The molecule has 0 radical (unpaired) electrons. The quantitative estimate of drug-likeness (QED) is 0.629. The monoisotopic (exact) mass is 374 g/mol. The van der Waals surface area contributed by atoms with E-state index in [0.29, 0.717) is 5.69 Å².